The van der Waals surface area contributed by atoms with E-state index < -0.39 is 0 Å². The highest BCUT2D eigenvalue weighted by atomic mass is 32.1. The Morgan fingerprint density at radius 1 is 1.16 bits per heavy atom. The fraction of sp³-hybridized carbons (Fsp3) is 0.0714. The molecular formula is C14H10N4S. The van der Waals surface area contributed by atoms with E-state index >= 15 is 0 Å². The van der Waals surface area contributed by atoms with Gasteiger partial charge in [-0.2, -0.15) is 0 Å². The van der Waals surface area contributed by atoms with Crippen LogP contribution in [-0.2, 0) is 0 Å². The van der Waals surface area contributed by atoms with Crippen LogP contribution in [0.1, 0.15) is 5.01 Å². The molecule has 1 aromatic carbocycles. The summed E-state index contributed by atoms with van der Waals surface area (Å²) in [5.41, 5.74) is 3.91. The molecule has 4 aromatic rings. The zero-order chi connectivity index (χ0) is 12.8. The molecule has 3 heterocycles. The number of aromatic amines is 1. The van der Waals surface area contributed by atoms with Crippen LogP contribution < -0.4 is 0 Å². The van der Waals surface area contributed by atoms with Crippen molar-refractivity contribution in [2.75, 3.05) is 0 Å². The Balaban J connectivity index is 2.00. The molecule has 19 heavy (non-hydrogen) atoms. The molecule has 0 aliphatic rings. The summed E-state index contributed by atoms with van der Waals surface area (Å²) in [6.07, 6.45) is 3.47. The van der Waals surface area contributed by atoms with Crippen LogP contribution in [0.4, 0.5) is 0 Å². The average Bonchev–Trinajstić information content (AvgIpc) is 3.01. The van der Waals surface area contributed by atoms with Crippen molar-refractivity contribution in [2.24, 2.45) is 0 Å². The lowest BCUT2D eigenvalue weighted by Crippen LogP contribution is -1.87. The second-order valence-corrected chi connectivity index (χ2v) is 5.61. The maximum absolute atomic E-state index is 4.53. The van der Waals surface area contributed by atoms with Crippen molar-refractivity contribution in [1.29, 1.82) is 0 Å². The molecule has 0 saturated carbocycles. The predicted octanol–water partition coefficient (Wildman–Crippen LogP) is 3.54. The summed E-state index contributed by atoms with van der Waals surface area (Å²) in [5, 5.41) is 2.12. The van der Waals surface area contributed by atoms with Gasteiger partial charge in [0.2, 0.25) is 0 Å². The number of benzene rings is 1. The molecule has 0 bridgehead atoms. The van der Waals surface area contributed by atoms with Crippen LogP contribution >= 0.6 is 11.3 Å². The van der Waals surface area contributed by atoms with Gasteiger partial charge in [0.25, 0.3) is 0 Å². The van der Waals surface area contributed by atoms with Gasteiger partial charge < -0.3 is 4.98 Å². The number of fused-ring (bicyclic) bond motifs is 2. The van der Waals surface area contributed by atoms with Gasteiger partial charge in [-0.1, -0.05) is 6.07 Å². The van der Waals surface area contributed by atoms with Gasteiger partial charge in [0, 0.05) is 17.1 Å². The Labute approximate surface area is 113 Å². The van der Waals surface area contributed by atoms with Crippen LogP contribution in [0, 0.1) is 6.92 Å². The minimum Gasteiger partial charge on any atom is -0.346 e. The van der Waals surface area contributed by atoms with E-state index in [9.17, 15) is 0 Å². The third kappa shape index (κ3) is 1.62. The van der Waals surface area contributed by atoms with E-state index in [2.05, 4.69) is 38.1 Å². The van der Waals surface area contributed by atoms with Crippen LogP contribution in [0.2, 0.25) is 0 Å². The minimum absolute atomic E-state index is 0.861. The van der Waals surface area contributed by atoms with Crippen molar-refractivity contribution < 1.29 is 0 Å². The molecule has 3 aromatic heterocycles. The van der Waals surface area contributed by atoms with Crippen molar-refractivity contribution in [3.63, 3.8) is 0 Å². The second kappa shape index (κ2) is 3.86. The second-order valence-electron chi connectivity index (χ2n) is 4.38. The molecular weight excluding hydrogens is 256 g/mol. The number of rotatable bonds is 1. The third-order valence-electron chi connectivity index (χ3n) is 3.12. The number of hydrogen-bond acceptors (Lipinski definition) is 4. The van der Waals surface area contributed by atoms with E-state index in [0.29, 0.717) is 0 Å². The van der Waals surface area contributed by atoms with Gasteiger partial charge in [-0.3, -0.25) is 0 Å². The van der Waals surface area contributed by atoms with Crippen LogP contribution in [0.25, 0.3) is 32.5 Å². The lowest BCUT2D eigenvalue weighted by molar-refractivity contribution is 1.20. The molecule has 5 heteroatoms. The predicted molar refractivity (Wildman–Crippen MR) is 77.2 cm³/mol. The topological polar surface area (TPSA) is 54.5 Å². The number of hydrogen-bond donors (Lipinski definition) is 1. The highest BCUT2D eigenvalue weighted by Crippen LogP contribution is 2.29. The fourth-order valence-corrected chi connectivity index (χ4v) is 3.10. The number of H-pyrrole nitrogens is 1. The quantitative estimate of drug-likeness (QED) is 0.573. The normalized spacial score (nSPS) is 11.4. The smallest absolute Gasteiger partial charge is 0.141 e. The standard InChI is InChI=1S/C14H10N4S/c1-8-18-11-6-9(2-3-12(11)19-8)13-10-4-5-15-14(10)17-7-16-13/h2-7H,1H3,(H,15,16,17). The fourth-order valence-electron chi connectivity index (χ4n) is 2.29. The molecule has 0 radical (unpaired) electrons. The molecule has 0 atom stereocenters. The number of aromatic nitrogens is 4. The molecule has 0 saturated heterocycles. The summed E-state index contributed by atoms with van der Waals surface area (Å²) in [7, 11) is 0. The van der Waals surface area contributed by atoms with Crippen molar-refractivity contribution in [2.45, 2.75) is 6.92 Å². The van der Waals surface area contributed by atoms with Gasteiger partial charge in [-0.25, -0.2) is 15.0 Å². The summed E-state index contributed by atoms with van der Waals surface area (Å²) in [6, 6.07) is 8.29. The Kier molecular flexibility index (Phi) is 2.16. The molecule has 0 aliphatic carbocycles. The molecule has 0 aliphatic heterocycles. The first-order valence-corrected chi connectivity index (χ1v) is 6.78. The molecule has 4 rings (SSSR count). The first kappa shape index (κ1) is 10.6. The largest absolute Gasteiger partial charge is 0.346 e. The average molecular weight is 266 g/mol. The molecule has 92 valence electrons. The first-order valence-electron chi connectivity index (χ1n) is 5.97. The van der Waals surface area contributed by atoms with Gasteiger partial charge in [-0.15, -0.1) is 11.3 Å². The molecule has 0 amide bonds. The zero-order valence-corrected chi connectivity index (χ0v) is 11.0. The highest BCUT2D eigenvalue weighted by molar-refractivity contribution is 7.18. The Morgan fingerprint density at radius 3 is 3.05 bits per heavy atom. The Morgan fingerprint density at radius 2 is 2.11 bits per heavy atom. The molecule has 0 unspecified atom stereocenters. The summed E-state index contributed by atoms with van der Waals surface area (Å²) in [4.78, 5) is 16.3. The summed E-state index contributed by atoms with van der Waals surface area (Å²) < 4.78 is 1.21. The number of thiazole rings is 1. The lowest BCUT2D eigenvalue weighted by Gasteiger charge is -2.01. The van der Waals surface area contributed by atoms with Gasteiger partial charge >= 0.3 is 0 Å². The Hall–Kier alpha value is -2.27. The summed E-state index contributed by atoms with van der Waals surface area (Å²) in [5.74, 6) is 0. The lowest BCUT2D eigenvalue weighted by atomic mass is 10.1. The SMILES string of the molecule is Cc1nc2cc(-c3ncnc4[nH]ccc34)ccc2s1. The van der Waals surface area contributed by atoms with Crippen LogP contribution in [0.15, 0.2) is 36.8 Å². The molecule has 1 N–H and O–H groups in total. The maximum Gasteiger partial charge on any atom is 0.141 e. The van der Waals surface area contributed by atoms with Gasteiger partial charge in [0.1, 0.15) is 12.0 Å². The Bertz CT molecular complexity index is 891. The van der Waals surface area contributed by atoms with Crippen molar-refractivity contribution in [3.8, 4) is 11.3 Å². The van der Waals surface area contributed by atoms with Crippen LogP contribution in [0.3, 0.4) is 0 Å². The number of nitrogens with zero attached hydrogens (tertiary/aromatic N) is 3. The first-order chi connectivity index (χ1) is 9.31. The van der Waals surface area contributed by atoms with E-state index in [-0.39, 0.29) is 0 Å². The van der Waals surface area contributed by atoms with Crippen molar-refractivity contribution in [3.05, 3.63) is 41.8 Å². The van der Waals surface area contributed by atoms with Crippen LogP contribution in [0.5, 0.6) is 0 Å². The minimum atomic E-state index is 0.861. The van der Waals surface area contributed by atoms with E-state index in [4.69, 9.17) is 0 Å². The van der Waals surface area contributed by atoms with E-state index in [1.165, 1.54) is 4.70 Å². The van der Waals surface area contributed by atoms with Gasteiger partial charge in [0.15, 0.2) is 0 Å². The summed E-state index contributed by atoms with van der Waals surface area (Å²) >= 11 is 1.71. The van der Waals surface area contributed by atoms with E-state index in [1.807, 2.05) is 19.2 Å². The number of nitrogens with one attached hydrogen (secondary N) is 1. The zero-order valence-electron chi connectivity index (χ0n) is 10.2. The van der Waals surface area contributed by atoms with Crippen LogP contribution in [-0.4, -0.2) is 19.9 Å². The monoisotopic (exact) mass is 266 g/mol. The molecule has 0 fully saturated rings. The third-order valence-corrected chi connectivity index (χ3v) is 4.07. The van der Waals surface area contributed by atoms with Crippen molar-refractivity contribution >= 4 is 32.6 Å². The van der Waals surface area contributed by atoms with E-state index in [1.54, 1.807) is 17.7 Å². The molecule has 0 spiro atoms. The summed E-state index contributed by atoms with van der Waals surface area (Å²) in [6.45, 7) is 2.03. The number of aryl methyl sites for hydroxylation is 1. The molecule has 4 nitrogen and oxygen atoms in total. The van der Waals surface area contributed by atoms with Crippen molar-refractivity contribution in [1.82, 2.24) is 19.9 Å². The van der Waals surface area contributed by atoms with E-state index in [0.717, 1.165) is 32.8 Å². The van der Waals surface area contributed by atoms with Gasteiger partial charge in [0.05, 0.1) is 20.9 Å². The maximum atomic E-state index is 4.53. The highest BCUT2D eigenvalue weighted by Gasteiger charge is 2.09. The van der Waals surface area contributed by atoms with Gasteiger partial charge in [-0.05, 0) is 25.1 Å².